The van der Waals surface area contributed by atoms with Gasteiger partial charge >= 0.3 is 0 Å². The molecule has 1 heterocycles. The van der Waals surface area contributed by atoms with E-state index in [-0.39, 0.29) is 18.4 Å². The molecule has 1 aliphatic rings. The lowest BCUT2D eigenvalue weighted by Crippen LogP contribution is -2.29. The Labute approximate surface area is 138 Å². The van der Waals surface area contributed by atoms with E-state index in [1.54, 1.807) is 12.4 Å². The maximum atomic E-state index is 11.9. The molecule has 1 saturated carbocycles. The van der Waals surface area contributed by atoms with Crippen molar-refractivity contribution < 1.29 is 9.59 Å². The molecule has 3 rings (SSSR count). The summed E-state index contributed by atoms with van der Waals surface area (Å²) in [6.07, 6.45) is 5.34. The molecule has 0 spiro atoms. The number of nitrogens with one attached hydrogen (secondary N) is 2. The number of hydrogen-bond donors (Lipinski definition) is 2. The second-order valence-electron chi connectivity index (χ2n) is 5.42. The summed E-state index contributed by atoms with van der Waals surface area (Å²) in [4.78, 5) is 24.7. The van der Waals surface area contributed by atoms with Gasteiger partial charge in [-0.05, 0) is 25.0 Å². The number of carbonyl (C=O) groups excluding carboxylic acids is 2. The summed E-state index contributed by atoms with van der Waals surface area (Å²) in [6, 6.07) is 10.1. The highest BCUT2D eigenvalue weighted by atomic mass is 32.2. The second-order valence-corrected chi connectivity index (χ2v) is 6.47. The molecule has 0 saturated heterocycles. The summed E-state index contributed by atoms with van der Waals surface area (Å²) in [5.74, 6) is 0.186. The molecule has 0 aliphatic heterocycles. The Hall–Kier alpha value is -2.28. The highest BCUT2D eigenvalue weighted by Gasteiger charge is 2.23. The van der Waals surface area contributed by atoms with Crippen molar-refractivity contribution in [2.45, 2.75) is 30.3 Å². The van der Waals surface area contributed by atoms with E-state index in [1.807, 2.05) is 30.3 Å². The summed E-state index contributed by atoms with van der Waals surface area (Å²) in [6.45, 7) is 0.172. The van der Waals surface area contributed by atoms with Crippen LogP contribution < -0.4 is 10.6 Å². The number of anilines is 1. The van der Waals surface area contributed by atoms with Crippen molar-refractivity contribution in [2.24, 2.45) is 0 Å². The van der Waals surface area contributed by atoms with E-state index in [0.29, 0.717) is 17.5 Å². The fourth-order valence-electron chi connectivity index (χ4n) is 2.03. The Morgan fingerprint density at radius 1 is 1.22 bits per heavy atom. The summed E-state index contributed by atoms with van der Waals surface area (Å²) in [5, 5.41) is 9.77. The van der Waals surface area contributed by atoms with Gasteiger partial charge in [0.25, 0.3) is 0 Å². The van der Waals surface area contributed by atoms with Crippen molar-refractivity contribution >= 4 is 29.3 Å². The molecule has 0 radical (unpaired) electrons. The van der Waals surface area contributed by atoms with Crippen LogP contribution in [0.1, 0.15) is 12.8 Å². The lowest BCUT2D eigenvalue weighted by atomic mass is 10.4. The maximum absolute atomic E-state index is 11.9. The largest absolute Gasteiger partial charge is 0.352 e. The zero-order valence-electron chi connectivity index (χ0n) is 12.6. The molecule has 23 heavy (non-hydrogen) atoms. The third-order valence-corrected chi connectivity index (χ3v) is 4.29. The number of hydrogen-bond acceptors (Lipinski definition) is 4. The monoisotopic (exact) mass is 330 g/mol. The predicted octanol–water partition coefficient (Wildman–Crippen LogP) is 1.89. The standard InChI is InChI=1S/C16H18N4O2S/c21-15(18-12-6-7-12)10-20-9-13(8-17-20)19-16(22)11-23-14-4-2-1-3-5-14/h1-5,8-9,12H,6-7,10-11H2,(H,18,21)(H,19,22). The first-order chi connectivity index (χ1) is 11.2. The lowest BCUT2D eigenvalue weighted by molar-refractivity contribution is -0.122. The van der Waals surface area contributed by atoms with Crippen LogP contribution in [0.5, 0.6) is 0 Å². The fourth-order valence-corrected chi connectivity index (χ4v) is 2.74. The van der Waals surface area contributed by atoms with Crippen LogP contribution in [-0.4, -0.2) is 33.4 Å². The molecule has 120 valence electrons. The zero-order chi connectivity index (χ0) is 16.1. The van der Waals surface area contributed by atoms with Crippen molar-refractivity contribution in [3.8, 4) is 0 Å². The normalized spacial score (nSPS) is 13.6. The molecule has 0 bridgehead atoms. The number of aromatic nitrogens is 2. The molecule has 2 N–H and O–H groups in total. The van der Waals surface area contributed by atoms with E-state index >= 15 is 0 Å². The van der Waals surface area contributed by atoms with Crippen molar-refractivity contribution in [3.05, 3.63) is 42.7 Å². The number of carbonyl (C=O) groups is 2. The van der Waals surface area contributed by atoms with Crippen LogP contribution in [0.25, 0.3) is 0 Å². The van der Waals surface area contributed by atoms with Gasteiger partial charge in [0.2, 0.25) is 11.8 Å². The van der Waals surface area contributed by atoms with Crippen molar-refractivity contribution in [1.82, 2.24) is 15.1 Å². The first-order valence-corrected chi connectivity index (χ1v) is 8.47. The summed E-state index contributed by atoms with van der Waals surface area (Å²) in [7, 11) is 0. The summed E-state index contributed by atoms with van der Waals surface area (Å²) < 4.78 is 1.53. The average Bonchev–Trinajstić information content (AvgIpc) is 3.25. The topological polar surface area (TPSA) is 76.0 Å². The number of rotatable bonds is 7. The van der Waals surface area contributed by atoms with Crippen LogP contribution in [-0.2, 0) is 16.1 Å². The van der Waals surface area contributed by atoms with E-state index in [2.05, 4.69) is 15.7 Å². The smallest absolute Gasteiger partial charge is 0.241 e. The molecule has 1 aromatic carbocycles. The Kier molecular flexibility index (Phi) is 4.97. The molecule has 0 atom stereocenters. The summed E-state index contributed by atoms with van der Waals surface area (Å²) >= 11 is 1.48. The first kappa shape index (κ1) is 15.6. The predicted molar refractivity (Wildman–Crippen MR) is 89.2 cm³/mol. The lowest BCUT2D eigenvalue weighted by Gasteiger charge is -2.03. The third-order valence-electron chi connectivity index (χ3n) is 3.28. The van der Waals surface area contributed by atoms with E-state index in [1.165, 1.54) is 16.4 Å². The van der Waals surface area contributed by atoms with Gasteiger partial charge in [-0.15, -0.1) is 11.8 Å². The third kappa shape index (κ3) is 5.14. The van der Waals surface area contributed by atoms with Crippen LogP contribution in [0.2, 0.25) is 0 Å². The Morgan fingerprint density at radius 2 is 2.00 bits per heavy atom. The van der Waals surface area contributed by atoms with Gasteiger partial charge in [-0.1, -0.05) is 18.2 Å². The van der Waals surface area contributed by atoms with Crippen LogP contribution >= 0.6 is 11.8 Å². The minimum absolute atomic E-state index is 0.0480. The fraction of sp³-hybridized carbons (Fsp3) is 0.312. The number of amides is 2. The van der Waals surface area contributed by atoms with Crippen LogP contribution in [0.4, 0.5) is 5.69 Å². The Bertz CT molecular complexity index is 682. The molecular weight excluding hydrogens is 312 g/mol. The molecule has 2 amide bonds. The molecule has 1 aliphatic carbocycles. The van der Waals surface area contributed by atoms with Crippen LogP contribution in [0.3, 0.4) is 0 Å². The molecule has 1 aromatic heterocycles. The van der Waals surface area contributed by atoms with Gasteiger partial charge in [-0.2, -0.15) is 5.10 Å². The van der Waals surface area contributed by atoms with Gasteiger partial charge in [-0.3, -0.25) is 14.3 Å². The summed E-state index contributed by atoms with van der Waals surface area (Å²) in [5.41, 5.74) is 0.600. The molecular formula is C16H18N4O2S. The quantitative estimate of drug-likeness (QED) is 0.760. The van der Waals surface area contributed by atoms with Gasteiger partial charge < -0.3 is 10.6 Å². The Balaban J connectivity index is 1.44. The van der Waals surface area contributed by atoms with Gasteiger partial charge in [0.1, 0.15) is 6.54 Å². The van der Waals surface area contributed by atoms with E-state index in [4.69, 9.17) is 0 Å². The highest BCUT2D eigenvalue weighted by molar-refractivity contribution is 8.00. The Morgan fingerprint density at radius 3 is 2.74 bits per heavy atom. The molecule has 7 heteroatoms. The van der Waals surface area contributed by atoms with Gasteiger partial charge in [-0.25, -0.2) is 0 Å². The molecule has 0 unspecified atom stereocenters. The SMILES string of the molecule is O=C(CSc1ccccc1)Nc1cnn(CC(=O)NC2CC2)c1. The van der Waals surface area contributed by atoms with Crippen LogP contribution in [0, 0.1) is 0 Å². The zero-order valence-corrected chi connectivity index (χ0v) is 13.4. The van der Waals surface area contributed by atoms with Crippen molar-refractivity contribution in [2.75, 3.05) is 11.1 Å². The maximum Gasteiger partial charge on any atom is 0.241 e. The average molecular weight is 330 g/mol. The number of benzene rings is 1. The van der Waals surface area contributed by atoms with Gasteiger partial charge in [0.15, 0.2) is 0 Å². The molecule has 2 aromatic rings. The second kappa shape index (κ2) is 7.32. The van der Waals surface area contributed by atoms with Crippen molar-refractivity contribution in [1.29, 1.82) is 0 Å². The minimum atomic E-state index is -0.0964. The minimum Gasteiger partial charge on any atom is -0.352 e. The number of thioether (sulfide) groups is 1. The molecule has 1 fully saturated rings. The highest BCUT2D eigenvalue weighted by Crippen LogP contribution is 2.19. The van der Waals surface area contributed by atoms with Crippen molar-refractivity contribution in [3.63, 3.8) is 0 Å². The van der Waals surface area contributed by atoms with Gasteiger partial charge in [0.05, 0.1) is 17.6 Å². The van der Waals surface area contributed by atoms with Gasteiger partial charge in [0, 0.05) is 17.1 Å². The van der Waals surface area contributed by atoms with Crippen LogP contribution in [0.15, 0.2) is 47.6 Å². The van der Waals surface area contributed by atoms with E-state index in [0.717, 1.165) is 17.7 Å². The van der Waals surface area contributed by atoms with E-state index in [9.17, 15) is 9.59 Å². The number of nitrogens with zero attached hydrogens (tertiary/aromatic N) is 2. The first-order valence-electron chi connectivity index (χ1n) is 7.48. The molecule has 6 nitrogen and oxygen atoms in total. The van der Waals surface area contributed by atoms with E-state index < -0.39 is 0 Å².